The van der Waals surface area contributed by atoms with E-state index in [1.807, 2.05) is 24.3 Å². The van der Waals surface area contributed by atoms with Crippen molar-refractivity contribution in [2.75, 3.05) is 0 Å². The first-order valence-corrected chi connectivity index (χ1v) is 7.85. The van der Waals surface area contributed by atoms with Crippen molar-refractivity contribution in [3.05, 3.63) is 59.0 Å². The Morgan fingerprint density at radius 3 is 2.25 bits per heavy atom. The molecule has 0 spiro atoms. The van der Waals surface area contributed by atoms with Gasteiger partial charge in [0.2, 0.25) is 0 Å². The molecule has 0 aliphatic rings. The van der Waals surface area contributed by atoms with Crippen LogP contribution >= 0.6 is 0 Å². The number of aryl methyl sites for hydroxylation is 1. The van der Waals surface area contributed by atoms with Crippen molar-refractivity contribution in [2.24, 2.45) is 0 Å². The van der Waals surface area contributed by atoms with E-state index in [0.29, 0.717) is 5.56 Å². The molecule has 1 aromatic heterocycles. The molecule has 1 atom stereocenters. The lowest BCUT2D eigenvalue weighted by Crippen LogP contribution is -2.30. The Balaban J connectivity index is 2.23. The Kier molecular flexibility index (Phi) is 5.12. The molecule has 1 aromatic carbocycles. The summed E-state index contributed by atoms with van der Waals surface area (Å²) in [7, 11) is 0. The van der Waals surface area contributed by atoms with E-state index in [9.17, 15) is 9.59 Å². The average Bonchev–Trinajstić information content (AvgIpc) is 2.91. The molecule has 5 nitrogen and oxygen atoms in total. The summed E-state index contributed by atoms with van der Waals surface area (Å²) >= 11 is 0. The van der Waals surface area contributed by atoms with Crippen LogP contribution in [0.4, 0.5) is 0 Å². The molecule has 0 aliphatic carbocycles. The highest BCUT2D eigenvalue weighted by molar-refractivity contribution is 5.93. The fourth-order valence-electron chi connectivity index (χ4n) is 2.47. The molecule has 0 saturated heterocycles. The topological polar surface area (TPSA) is 79.5 Å². The molecule has 0 bridgehead atoms. The summed E-state index contributed by atoms with van der Waals surface area (Å²) < 4.78 is 5.17. The van der Waals surface area contributed by atoms with Gasteiger partial charge in [-0.15, -0.1) is 0 Å². The van der Waals surface area contributed by atoms with Gasteiger partial charge in [0.05, 0.1) is 18.7 Å². The predicted octanol–water partition coefficient (Wildman–Crippen LogP) is 3.83. The van der Waals surface area contributed by atoms with Gasteiger partial charge >= 0.3 is 5.97 Å². The zero-order valence-corrected chi connectivity index (χ0v) is 14.4. The minimum atomic E-state index is -0.976. The second kappa shape index (κ2) is 6.91. The summed E-state index contributed by atoms with van der Waals surface area (Å²) in [6, 6.07) is 8.74. The van der Waals surface area contributed by atoms with Crippen LogP contribution in [0.15, 0.2) is 41.0 Å². The molecule has 0 radical (unpaired) electrons. The molecule has 128 valence electrons. The van der Waals surface area contributed by atoms with Crippen molar-refractivity contribution in [1.29, 1.82) is 0 Å². The van der Waals surface area contributed by atoms with Crippen molar-refractivity contribution in [2.45, 2.75) is 45.6 Å². The Morgan fingerprint density at radius 1 is 1.17 bits per heavy atom. The number of furan rings is 1. The van der Waals surface area contributed by atoms with Crippen molar-refractivity contribution in [3.8, 4) is 0 Å². The van der Waals surface area contributed by atoms with Crippen molar-refractivity contribution >= 4 is 11.9 Å². The van der Waals surface area contributed by atoms with E-state index in [0.717, 1.165) is 11.1 Å². The van der Waals surface area contributed by atoms with Crippen LogP contribution in [-0.4, -0.2) is 17.0 Å². The highest BCUT2D eigenvalue weighted by Gasteiger charge is 2.22. The second-order valence-corrected chi connectivity index (χ2v) is 6.93. The van der Waals surface area contributed by atoms with E-state index in [1.54, 1.807) is 13.0 Å². The molecule has 1 heterocycles. The molecule has 2 aromatic rings. The van der Waals surface area contributed by atoms with Crippen LogP contribution < -0.4 is 5.32 Å². The third-order valence-corrected chi connectivity index (χ3v) is 3.93. The highest BCUT2D eigenvalue weighted by Crippen LogP contribution is 2.25. The van der Waals surface area contributed by atoms with E-state index in [1.165, 1.54) is 6.26 Å². The number of carbonyl (C=O) groups excluding carboxylic acids is 1. The number of hydrogen-bond acceptors (Lipinski definition) is 3. The molecule has 2 N–H and O–H groups in total. The zero-order chi connectivity index (χ0) is 17.9. The highest BCUT2D eigenvalue weighted by atomic mass is 16.4. The van der Waals surface area contributed by atoms with Gasteiger partial charge in [-0.3, -0.25) is 9.59 Å². The van der Waals surface area contributed by atoms with Crippen LogP contribution in [0, 0.1) is 6.92 Å². The lowest BCUT2D eigenvalue weighted by molar-refractivity contribution is -0.137. The minimum Gasteiger partial charge on any atom is -0.481 e. The van der Waals surface area contributed by atoms with Crippen LogP contribution in [0.3, 0.4) is 0 Å². The van der Waals surface area contributed by atoms with E-state index in [-0.39, 0.29) is 17.6 Å². The summed E-state index contributed by atoms with van der Waals surface area (Å²) in [5.41, 5.74) is 2.62. The molecular weight excluding hydrogens is 306 g/mol. The van der Waals surface area contributed by atoms with Gasteiger partial charge in [0.15, 0.2) is 5.76 Å². The lowest BCUT2D eigenvalue weighted by atomic mass is 9.86. The summed E-state index contributed by atoms with van der Waals surface area (Å²) in [6.45, 7) is 8.09. The molecule has 24 heavy (non-hydrogen) atoms. The predicted molar refractivity (Wildman–Crippen MR) is 91.0 cm³/mol. The Morgan fingerprint density at radius 2 is 1.79 bits per heavy atom. The van der Waals surface area contributed by atoms with E-state index < -0.39 is 17.9 Å². The molecule has 2 rings (SSSR count). The third kappa shape index (κ3) is 4.25. The summed E-state index contributed by atoms with van der Waals surface area (Å²) in [5.74, 6) is -1.18. The van der Waals surface area contributed by atoms with Gasteiger partial charge in [0.1, 0.15) is 0 Å². The van der Waals surface area contributed by atoms with Crippen molar-refractivity contribution < 1.29 is 19.1 Å². The number of carbonyl (C=O) groups is 2. The monoisotopic (exact) mass is 329 g/mol. The average molecular weight is 329 g/mol. The van der Waals surface area contributed by atoms with Gasteiger partial charge in [-0.1, -0.05) is 45.0 Å². The van der Waals surface area contributed by atoms with E-state index in [2.05, 4.69) is 26.1 Å². The Hall–Kier alpha value is -2.56. The number of amides is 1. The van der Waals surface area contributed by atoms with Crippen LogP contribution in [0.5, 0.6) is 0 Å². The number of rotatable bonds is 5. The van der Waals surface area contributed by atoms with Gasteiger partial charge in [-0.2, -0.15) is 0 Å². The fourth-order valence-corrected chi connectivity index (χ4v) is 2.47. The first kappa shape index (κ1) is 17.8. The van der Waals surface area contributed by atoms with Crippen molar-refractivity contribution in [1.82, 2.24) is 5.32 Å². The van der Waals surface area contributed by atoms with E-state index in [4.69, 9.17) is 9.52 Å². The van der Waals surface area contributed by atoms with Gasteiger partial charge in [0.25, 0.3) is 5.91 Å². The first-order chi connectivity index (χ1) is 11.2. The number of carboxylic acids is 1. The Bertz CT molecular complexity index is 723. The maximum absolute atomic E-state index is 12.3. The number of nitrogens with one attached hydrogen (secondary N) is 1. The van der Waals surface area contributed by atoms with Crippen LogP contribution in [0.2, 0.25) is 0 Å². The molecule has 1 amide bonds. The molecule has 5 heteroatoms. The summed E-state index contributed by atoms with van der Waals surface area (Å²) in [4.78, 5) is 23.5. The van der Waals surface area contributed by atoms with Crippen LogP contribution in [0.25, 0.3) is 0 Å². The van der Waals surface area contributed by atoms with Gasteiger partial charge in [0, 0.05) is 5.56 Å². The van der Waals surface area contributed by atoms with E-state index >= 15 is 0 Å². The smallest absolute Gasteiger partial charge is 0.305 e. The standard InChI is InChI=1S/C19H23NO4/c1-12-9-10-24-17(12)18(23)20-15(11-16(21)22)13-5-7-14(8-6-13)19(2,3)4/h5-10,15H,11H2,1-4H3,(H,20,23)(H,21,22). The fraction of sp³-hybridized carbons (Fsp3) is 0.368. The largest absolute Gasteiger partial charge is 0.481 e. The molecule has 0 fully saturated rings. The molecule has 1 unspecified atom stereocenters. The SMILES string of the molecule is Cc1ccoc1C(=O)NC(CC(=O)O)c1ccc(C(C)(C)C)cc1. The lowest BCUT2D eigenvalue weighted by Gasteiger charge is -2.21. The Labute approximate surface area is 141 Å². The van der Waals surface area contributed by atoms with Crippen LogP contribution in [0.1, 0.15) is 60.5 Å². The van der Waals surface area contributed by atoms with Gasteiger partial charge in [-0.25, -0.2) is 0 Å². The summed E-state index contributed by atoms with van der Waals surface area (Å²) in [6.07, 6.45) is 1.24. The van der Waals surface area contributed by atoms with Crippen molar-refractivity contribution in [3.63, 3.8) is 0 Å². The maximum atomic E-state index is 12.3. The molecule has 0 saturated carbocycles. The molecular formula is C19H23NO4. The number of hydrogen-bond donors (Lipinski definition) is 2. The number of benzene rings is 1. The first-order valence-electron chi connectivity index (χ1n) is 7.85. The minimum absolute atomic E-state index is 0.00928. The maximum Gasteiger partial charge on any atom is 0.305 e. The quantitative estimate of drug-likeness (QED) is 0.873. The summed E-state index contributed by atoms with van der Waals surface area (Å²) in [5, 5.41) is 11.9. The normalized spacial score (nSPS) is 12.7. The van der Waals surface area contributed by atoms with Gasteiger partial charge in [-0.05, 0) is 29.5 Å². The second-order valence-electron chi connectivity index (χ2n) is 6.93. The number of carboxylic acid groups (broad SMARTS) is 1. The van der Waals surface area contributed by atoms with Gasteiger partial charge < -0.3 is 14.8 Å². The molecule has 0 aliphatic heterocycles. The number of aliphatic carboxylic acids is 1. The third-order valence-electron chi connectivity index (χ3n) is 3.93. The zero-order valence-electron chi connectivity index (χ0n) is 14.4. The van der Waals surface area contributed by atoms with Crippen LogP contribution in [-0.2, 0) is 10.2 Å².